The van der Waals surface area contributed by atoms with E-state index < -0.39 is 12.8 Å². The maximum Gasteiger partial charge on any atom is 0.411 e. The number of halogens is 3. The molecule has 0 aliphatic carbocycles. The lowest BCUT2D eigenvalue weighted by Gasteiger charge is -2.10. The van der Waals surface area contributed by atoms with Gasteiger partial charge in [-0.25, -0.2) is 4.98 Å². The number of anilines is 1. The SMILES string of the molecule is COc1ccc2cc(COCC(F)(F)F)c(N)nc2c1. The number of pyridine rings is 1. The van der Waals surface area contributed by atoms with Gasteiger partial charge < -0.3 is 15.2 Å². The quantitative estimate of drug-likeness (QED) is 0.939. The molecule has 0 amide bonds. The molecule has 0 aliphatic heterocycles. The van der Waals surface area contributed by atoms with Gasteiger partial charge in [0.1, 0.15) is 18.2 Å². The summed E-state index contributed by atoms with van der Waals surface area (Å²) in [5, 5.41) is 0.755. The number of methoxy groups -OCH3 is 1. The third-order valence-corrected chi connectivity index (χ3v) is 2.66. The van der Waals surface area contributed by atoms with Crippen LogP contribution in [0.3, 0.4) is 0 Å². The molecule has 0 aliphatic rings. The van der Waals surface area contributed by atoms with Crippen LogP contribution in [-0.2, 0) is 11.3 Å². The largest absolute Gasteiger partial charge is 0.497 e. The van der Waals surface area contributed by atoms with Gasteiger partial charge in [-0.1, -0.05) is 0 Å². The number of alkyl halides is 3. The summed E-state index contributed by atoms with van der Waals surface area (Å²) in [5.74, 6) is 0.776. The van der Waals surface area contributed by atoms with E-state index in [0.29, 0.717) is 16.8 Å². The van der Waals surface area contributed by atoms with Crippen molar-refractivity contribution in [2.75, 3.05) is 19.5 Å². The van der Waals surface area contributed by atoms with Crippen LogP contribution in [0.1, 0.15) is 5.56 Å². The van der Waals surface area contributed by atoms with Crippen LogP contribution in [0.4, 0.5) is 19.0 Å². The van der Waals surface area contributed by atoms with Gasteiger partial charge in [-0.2, -0.15) is 13.2 Å². The van der Waals surface area contributed by atoms with Gasteiger partial charge in [-0.05, 0) is 18.2 Å². The summed E-state index contributed by atoms with van der Waals surface area (Å²) in [4.78, 5) is 4.14. The molecule has 7 heteroatoms. The van der Waals surface area contributed by atoms with Crippen molar-refractivity contribution in [3.8, 4) is 5.75 Å². The number of hydrogen-bond donors (Lipinski definition) is 1. The lowest BCUT2D eigenvalue weighted by Crippen LogP contribution is -2.17. The van der Waals surface area contributed by atoms with E-state index in [0.717, 1.165) is 5.39 Å². The van der Waals surface area contributed by atoms with E-state index in [1.165, 1.54) is 7.11 Å². The number of nitrogen functional groups attached to an aromatic ring is 1. The van der Waals surface area contributed by atoms with E-state index in [2.05, 4.69) is 9.72 Å². The van der Waals surface area contributed by atoms with Crippen molar-refractivity contribution >= 4 is 16.7 Å². The van der Waals surface area contributed by atoms with E-state index >= 15 is 0 Å². The lowest BCUT2D eigenvalue weighted by atomic mass is 10.1. The van der Waals surface area contributed by atoms with Crippen LogP contribution in [0.2, 0.25) is 0 Å². The van der Waals surface area contributed by atoms with E-state index in [1.807, 2.05) is 0 Å². The molecule has 0 bridgehead atoms. The molecule has 0 radical (unpaired) electrons. The molecule has 1 heterocycles. The molecule has 1 aromatic carbocycles. The van der Waals surface area contributed by atoms with Crippen LogP contribution in [0, 0.1) is 0 Å². The summed E-state index contributed by atoms with van der Waals surface area (Å²) >= 11 is 0. The molecule has 2 rings (SSSR count). The van der Waals surface area contributed by atoms with E-state index in [4.69, 9.17) is 10.5 Å². The van der Waals surface area contributed by atoms with Crippen molar-refractivity contribution in [2.24, 2.45) is 0 Å². The zero-order valence-electron chi connectivity index (χ0n) is 10.7. The summed E-state index contributed by atoms with van der Waals surface area (Å²) in [7, 11) is 1.53. The number of benzene rings is 1. The van der Waals surface area contributed by atoms with E-state index in [1.54, 1.807) is 24.3 Å². The molecule has 2 N–H and O–H groups in total. The lowest BCUT2D eigenvalue weighted by molar-refractivity contribution is -0.176. The summed E-state index contributed by atoms with van der Waals surface area (Å²) in [6.07, 6.45) is -4.35. The Kier molecular flexibility index (Phi) is 3.99. The van der Waals surface area contributed by atoms with Crippen LogP contribution in [-0.4, -0.2) is 24.9 Å². The summed E-state index contributed by atoms with van der Waals surface area (Å²) in [6, 6.07) is 6.86. The highest BCUT2D eigenvalue weighted by molar-refractivity contribution is 5.82. The van der Waals surface area contributed by atoms with Crippen LogP contribution in [0.15, 0.2) is 24.3 Å². The number of fused-ring (bicyclic) bond motifs is 1. The average Bonchev–Trinajstić information content (AvgIpc) is 2.37. The molecule has 0 unspecified atom stereocenters. The van der Waals surface area contributed by atoms with Crippen molar-refractivity contribution in [3.63, 3.8) is 0 Å². The Bertz CT molecular complexity index is 614. The Morgan fingerprint density at radius 3 is 2.65 bits per heavy atom. The first-order valence-electron chi connectivity index (χ1n) is 5.77. The molecule has 2 aromatic rings. The number of hydrogen-bond acceptors (Lipinski definition) is 4. The highest BCUT2D eigenvalue weighted by Gasteiger charge is 2.27. The van der Waals surface area contributed by atoms with Crippen molar-refractivity contribution in [2.45, 2.75) is 12.8 Å². The topological polar surface area (TPSA) is 57.4 Å². The minimum absolute atomic E-state index is 0.146. The summed E-state index contributed by atoms with van der Waals surface area (Å²) < 4.78 is 45.7. The number of rotatable bonds is 4. The number of nitrogens with zero attached hydrogens (tertiary/aromatic N) is 1. The van der Waals surface area contributed by atoms with Crippen molar-refractivity contribution in [1.29, 1.82) is 0 Å². The highest BCUT2D eigenvalue weighted by Crippen LogP contribution is 2.24. The van der Waals surface area contributed by atoms with Gasteiger partial charge in [-0.15, -0.1) is 0 Å². The first-order valence-corrected chi connectivity index (χ1v) is 5.77. The molecule has 0 spiro atoms. The van der Waals surface area contributed by atoms with Gasteiger partial charge in [-0.3, -0.25) is 0 Å². The van der Waals surface area contributed by atoms with Crippen LogP contribution < -0.4 is 10.5 Å². The Labute approximate surface area is 113 Å². The summed E-state index contributed by atoms with van der Waals surface area (Å²) in [6.45, 7) is -1.55. The second kappa shape index (κ2) is 5.54. The molecule has 0 atom stereocenters. The average molecular weight is 286 g/mol. The second-order valence-corrected chi connectivity index (χ2v) is 4.20. The Morgan fingerprint density at radius 1 is 1.25 bits per heavy atom. The van der Waals surface area contributed by atoms with Gasteiger partial charge in [0.25, 0.3) is 0 Å². The van der Waals surface area contributed by atoms with Gasteiger partial charge >= 0.3 is 6.18 Å². The Balaban J connectivity index is 2.20. The maximum absolute atomic E-state index is 12.0. The monoisotopic (exact) mass is 286 g/mol. The normalized spacial score (nSPS) is 11.8. The fraction of sp³-hybridized carbons (Fsp3) is 0.308. The molecule has 108 valence electrons. The Morgan fingerprint density at radius 2 is 2.00 bits per heavy atom. The fourth-order valence-electron chi connectivity index (χ4n) is 1.72. The van der Waals surface area contributed by atoms with E-state index in [-0.39, 0.29) is 12.4 Å². The fourth-order valence-corrected chi connectivity index (χ4v) is 1.72. The number of aromatic nitrogens is 1. The van der Waals surface area contributed by atoms with Gasteiger partial charge in [0.2, 0.25) is 0 Å². The van der Waals surface area contributed by atoms with Crippen molar-refractivity contribution in [3.05, 3.63) is 29.8 Å². The van der Waals surface area contributed by atoms with Crippen molar-refractivity contribution in [1.82, 2.24) is 4.98 Å². The zero-order chi connectivity index (χ0) is 14.8. The molecule has 0 saturated carbocycles. The molecule has 0 fully saturated rings. The second-order valence-electron chi connectivity index (χ2n) is 4.20. The first kappa shape index (κ1) is 14.4. The molecular formula is C13H13F3N2O2. The van der Waals surface area contributed by atoms with Gasteiger partial charge in [0.05, 0.1) is 19.2 Å². The Hall–Kier alpha value is -2.02. The molecule has 0 saturated heterocycles. The molecule has 4 nitrogen and oxygen atoms in total. The smallest absolute Gasteiger partial charge is 0.411 e. The minimum Gasteiger partial charge on any atom is -0.497 e. The minimum atomic E-state index is -4.35. The number of nitrogens with two attached hydrogens (primary N) is 1. The predicted octanol–water partition coefficient (Wildman–Crippen LogP) is 2.90. The standard InChI is InChI=1S/C13H13F3N2O2/c1-19-10-3-2-8-4-9(6-20-7-13(14,15)16)12(17)18-11(8)5-10/h2-5H,6-7H2,1H3,(H2,17,18). The van der Waals surface area contributed by atoms with Gasteiger partial charge in [0.15, 0.2) is 0 Å². The highest BCUT2D eigenvalue weighted by atomic mass is 19.4. The zero-order valence-corrected chi connectivity index (χ0v) is 10.7. The van der Waals surface area contributed by atoms with Crippen LogP contribution in [0.25, 0.3) is 10.9 Å². The van der Waals surface area contributed by atoms with Gasteiger partial charge in [0, 0.05) is 17.0 Å². The third-order valence-electron chi connectivity index (χ3n) is 2.66. The maximum atomic E-state index is 12.0. The first-order chi connectivity index (χ1) is 9.39. The predicted molar refractivity (Wildman–Crippen MR) is 68.4 cm³/mol. The van der Waals surface area contributed by atoms with Crippen molar-refractivity contribution < 1.29 is 22.6 Å². The molecular weight excluding hydrogens is 273 g/mol. The summed E-state index contributed by atoms with van der Waals surface area (Å²) in [5.41, 5.74) is 6.75. The van der Waals surface area contributed by atoms with E-state index in [9.17, 15) is 13.2 Å². The number of ether oxygens (including phenoxy) is 2. The van der Waals surface area contributed by atoms with Crippen LogP contribution in [0.5, 0.6) is 5.75 Å². The van der Waals surface area contributed by atoms with Crippen LogP contribution >= 0.6 is 0 Å². The third kappa shape index (κ3) is 3.51. The molecule has 20 heavy (non-hydrogen) atoms. The molecule has 1 aromatic heterocycles.